The van der Waals surface area contributed by atoms with Gasteiger partial charge in [0.15, 0.2) is 17.2 Å². The topological polar surface area (TPSA) is 108 Å². The van der Waals surface area contributed by atoms with E-state index in [0.717, 1.165) is 58.8 Å². The van der Waals surface area contributed by atoms with Crippen molar-refractivity contribution in [2.75, 3.05) is 26.2 Å². The largest absolute Gasteiger partial charge is 0.491 e. The summed E-state index contributed by atoms with van der Waals surface area (Å²) < 4.78 is 19.5. The third-order valence-electron chi connectivity index (χ3n) is 7.06. The third kappa shape index (κ3) is 4.59. The molecule has 10 heteroatoms. The summed E-state index contributed by atoms with van der Waals surface area (Å²) in [6, 6.07) is 14.1. The van der Waals surface area contributed by atoms with E-state index in [0.29, 0.717) is 29.3 Å². The molecule has 0 radical (unpaired) electrons. The van der Waals surface area contributed by atoms with Crippen LogP contribution >= 0.6 is 0 Å². The number of hydrogen-bond donors (Lipinski definition) is 2. The van der Waals surface area contributed by atoms with E-state index in [2.05, 4.69) is 30.0 Å². The van der Waals surface area contributed by atoms with Gasteiger partial charge in [-0.05, 0) is 67.9 Å². The number of halogens is 1. The normalized spacial score (nSPS) is 14.0. The molecule has 0 bridgehead atoms. The summed E-state index contributed by atoms with van der Waals surface area (Å²) in [4.78, 5) is 24.2. The van der Waals surface area contributed by atoms with E-state index in [9.17, 15) is 4.39 Å². The zero-order chi connectivity index (χ0) is 26.2. The number of pyridine rings is 3. The van der Waals surface area contributed by atoms with Crippen molar-refractivity contribution in [1.82, 2.24) is 40.0 Å². The van der Waals surface area contributed by atoms with Gasteiger partial charge in [0, 0.05) is 30.1 Å². The molecule has 6 heterocycles. The van der Waals surface area contributed by atoms with Gasteiger partial charge in [-0.15, -0.1) is 0 Å². The monoisotopic (exact) mass is 520 g/mol. The number of fused-ring (bicyclic) bond motifs is 2. The Morgan fingerprint density at radius 2 is 1.82 bits per heavy atom. The van der Waals surface area contributed by atoms with Crippen LogP contribution in [0, 0.1) is 5.82 Å². The van der Waals surface area contributed by atoms with E-state index in [-0.39, 0.29) is 5.82 Å². The van der Waals surface area contributed by atoms with Gasteiger partial charge in [-0.3, -0.25) is 15.0 Å². The summed E-state index contributed by atoms with van der Waals surface area (Å²) in [5.74, 6) is 0.978. The van der Waals surface area contributed by atoms with Gasteiger partial charge in [-0.2, -0.15) is 5.10 Å². The van der Waals surface area contributed by atoms with Gasteiger partial charge in [0.05, 0.1) is 22.9 Å². The van der Waals surface area contributed by atoms with Crippen molar-refractivity contribution in [3.63, 3.8) is 0 Å². The maximum Gasteiger partial charge on any atom is 0.178 e. The van der Waals surface area contributed by atoms with Crippen LogP contribution in [0.3, 0.4) is 0 Å². The Morgan fingerprint density at radius 3 is 2.69 bits per heavy atom. The summed E-state index contributed by atoms with van der Waals surface area (Å²) in [5, 5.41) is 7.55. The lowest BCUT2D eigenvalue weighted by molar-refractivity contribution is 0.237. The minimum atomic E-state index is -0.284. The first-order chi connectivity index (χ1) is 19.2. The number of rotatable bonds is 7. The van der Waals surface area contributed by atoms with E-state index in [1.165, 1.54) is 25.0 Å². The summed E-state index contributed by atoms with van der Waals surface area (Å²) >= 11 is 0. The van der Waals surface area contributed by atoms with Gasteiger partial charge < -0.3 is 9.72 Å². The maximum atomic E-state index is 13.5. The van der Waals surface area contributed by atoms with Gasteiger partial charge in [-0.25, -0.2) is 19.3 Å². The average molecular weight is 521 g/mol. The minimum absolute atomic E-state index is 0.284. The number of benzene rings is 1. The SMILES string of the molecule is Fc1ccc(-c2ccnc3nc(-c4n[nH]c5ccc(-c6cncc(OCCN7CCCC7)c6)nc45)[nH]c23)cc1. The van der Waals surface area contributed by atoms with Gasteiger partial charge in [0.25, 0.3) is 0 Å². The molecule has 0 amide bonds. The molecule has 194 valence electrons. The minimum Gasteiger partial charge on any atom is -0.491 e. The molecule has 1 aromatic carbocycles. The van der Waals surface area contributed by atoms with E-state index >= 15 is 0 Å². The van der Waals surface area contributed by atoms with Gasteiger partial charge in [0.2, 0.25) is 0 Å². The van der Waals surface area contributed by atoms with E-state index in [1.807, 2.05) is 24.3 Å². The second kappa shape index (κ2) is 9.88. The summed E-state index contributed by atoms with van der Waals surface area (Å²) in [7, 11) is 0. The average Bonchev–Trinajstić information content (AvgIpc) is 3.73. The first-order valence-corrected chi connectivity index (χ1v) is 13.0. The summed E-state index contributed by atoms with van der Waals surface area (Å²) in [6.07, 6.45) is 7.73. The Balaban J connectivity index is 1.20. The molecule has 0 unspecified atom stereocenters. The molecular formula is C29H25FN8O. The van der Waals surface area contributed by atoms with Gasteiger partial charge >= 0.3 is 0 Å². The molecule has 6 aromatic rings. The third-order valence-corrected chi connectivity index (χ3v) is 7.06. The van der Waals surface area contributed by atoms with E-state index < -0.39 is 0 Å². The van der Waals surface area contributed by atoms with Crippen molar-refractivity contribution in [3.8, 4) is 39.7 Å². The molecule has 0 atom stereocenters. The molecule has 1 fully saturated rings. The van der Waals surface area contributed by atoms with Crippen LogP contribution in [0.5, 0.6) is 5.75 Å². The molecule has 7 rings (SSSR count). The lowest BCUT2D eigenvalue weighted by Gasteiger charge is -2.15. The number of hydrogen-bond acceptors (Lipinski definition) is 7. The molecule has 1 aliphatic rings. The molecule has 2 N–H and O–H groups in total. The van der Waals surface area contributed by atoms with Crippen LogP contribution in [-0.2, 0) is 0 Å². The van der Waals surface area contributed by atoms with Crippen molar-refractivity contribution in [3.05, 3.63) is 72.9 Å². The molecular weight excluding hydrogens is 495 g/mol. The zero-order valence-corrected chi connectivity index (χ0v) is 21.1. The lowest BCUT2D eigenvalue weighted by Crippen LogP contribution is -2.25. The molecule has 1 aliphatic heterocycles. The number of aromatic amines is 2. The Labute approximate surface area is 223 Å². The van der Waals surface area contributed by atoms with Crippen LogP contribution in [0.4, 0.5) is 4.39 Å². The highest BCUT2D eigenvalue weighted by atomic mass is 19.1. The molecule has 39 heavy (non-hydrogen) atoms. The first kappa shape index (κ1) is 23.4. The van der Waals surface area contributed by atoms with Crippen molar-refractivity contribution < 1.29 is 9.13 Å². The zero-order valence-electron chi connectivity index (χ0n) is 21.1. The second-order valence-corrected chi connectivity index (χ2v) is 9.62. The maximum absolute atomic E-state index is 13.5. The Kier molecular flexibility index (Phi) is 5.93. The van der Waals surface area contributed by atoms with Crippen LogP contribution in [0.25, 0.3) is 56.1 Å². The van der Waals surface area contributed by atoms with Crippen molar-refractivity contribution in [2.45, 2.75) is 12.8 Å². The number of aromatic nitrogens is 7. The van der Waals surface area contributed by atoms with Gasteiger partial charge in [0.1, 0.15) is 23.7 Å². The number of nitrogens with one attached hydrogen (secondary N) is 2. The highest BCUT2D eigenvalue weighted by Crippen LogP contribution is 2.31. The smallest absolute Gasteiger partial charge is 0.178 e. The van der Waals surface area contributed by atoms with Crippen LogP contribution < -0.4 is 4.74 Å². The molecule has 0 saturated carbocycles. The molecule has 0 spiro atoms. The first-order valence-electron chi connectivity index (χ1n) is 13.0. The fourth-order valence-corrected chi connectivity index (χ4v) is 5.05. The molecule has 0 aliphatic carbocycles. The highest BCUT2D eigenvalue weighted by Gasteiger charge is 2.18. The van der Waals surface area contributed by atoms with Crippen LogP contribution in [-0.4, -0.2) is 66.3 Å². The van der Waals surface area contributed by atoms with Crippen LogP contribution in [0.15, 0.2) is 67.1 Å². The number of imidazole rings is 1. The Morgan fingerprint density at radius 1 is 0.949 bits per heavy atom. The highest BCUT2D eigenvalue weighted by molar-refractivity contribution is 5.94. The van der Waals surface area contributed by atoms with Crippen molar-refractivity contribution >= 4 is 22.2 Å². The predicted octanol–water partition coefficient (Wildman–Crippen LogP) is 5.24. The van der Waals surface area contributed by atoms with Crippen LogP contribution in [0.2, 0.25) is 0 Å². The van der Waals surface area contributed by atoms with E-state index in [4.69, 9.17) is 14.7 Å². The van der Waals surface area contributed by atoms with Crippen LogP contribution in [0.1, 0.15) is 12.8 Å². The Bertz CT molecular complexity index is 1770. The lowest BCUT2D eigenvalue weighted by atomic mass is 10.1. The quantitative estimate of drug-likeness (QED) is 0.296. The van der Waals surface area contributed by atoms with Crippen molar-refractivity contribution in [2.24, 2.45) is 0 Å². The summed E-state index contributed by atoms with van der Waals surface area (Å²) in [6.45, 7) is 3.84. The number of H-pyrrole nitrogens is 2. The fourth-order valence-electron chi connectivity index (χ4n) is 5.05. The van der Waals surface area contributed by atoms with Crippen molar-refractivity contribution in [1.29, 1.82) is 0 Å². The molecule has 1 saturated heterocycles. The number of ether oxygens (including phenoxy) is 1. The van der Waals surface area contributed by atoms with E-state index in [1.54, 1.807) is 30.7 Å². The fraction of sp³-hybridized carbons (Fsp3) is 0.207. The predicted molar refractivity (Wildman–Crippen MR) is 147 cm³/mol. The number of nitrogens with zero attached hydrogens (tertiary/aromatic N) is 6. The number of likely N-dealkylation sites (tertiary alicyclic amines) is 1. The second-order valence-electron chi connectivity index (χ2n) is 9.62. The summed E-state index contributed by atoms with van der Waals surface area (Å²) in [5.41, 5.74) is 6.68. The standard InChI is InChI=1S/C29H25FN8O/c30-20-5-3-18(4-6-20)22-9-10-32-28-25(22)34-29(35-28)27-26-24(36-37-27)8-7-23(33-26)19-15-21(17-31-16-19)39-14-13-38-11-1-2-12-38/h3-10,15-17H,1-2,11-14H2,(H,36,37)(H,32,34,35). The Hall–Kier alpha value is -4.70. The molecule has 9 nitrogen and oxygen atoms in total. The van der Waals surface area contributed by atoms with Gasteiger partial charge in [-0.1, -0.05) is 12.1 Å². The molecule has 5 aromatic heterocycles.